The monoisotopic (exact) mass is 427 g/mol. The van der Waals surface area contributed by atoms with E-state index in [2.05, 4.69) is 0 Å². The molecule has 4 aromatic rings. The van der Waals surface area contributed by atoms with Gasteiger partial charge in [0.25, 0.3) is 11.7 Å². The highest BCUT2D eigenvalue weighted by Crippen LogP contribution is 2.41. The Balaban J connectivity index is 1.69. The van der Waals surface area contributed by atoms with Gasteiger partial charge in [-0.25, -0.2) is 4.39 Å². The molecule has 5 rings (SSSR count). The molecule has 5 nitrogen and oxygen atoms in total. The van der Waals surface area contributed by atoms with Crippen molar-refractivity contribution in [2.45, 2.75) is 12.6 Å². The largest absolute Gasteiger partial charge is 0.507 e. The van der Waals surface area contributed by atoms with Gasteiger partial charge in [-0.15, -0.1) is 0 Å². The van der Waals surface area contributed by atoms with Crippen molar-refractivity contribution in [3.05, 3.63) is 113 Å². The highest BCUT2D eigenvalue weighted by atomic mass is 19.1. The van der Waals surface area contributed by atoms with E-state index in [0.717, 1.165) is 10.8 Å². The van der Waals surface area contributed by atoms with Crippen LogP contribution in [-0.4, -0.2) is 21.7 Å². The van der Waals surface area contributed by atoms with Crippen molar-refractivity contribution >= 4 is 28.2 Å². The van der Waals surface area contributed by atoms with E-state index in [1.165, 1.54) is 29.4 Å². The molecular weight excluding hydrogens is 409 g/mol. The molecule has 1 aromatic heterocycles. The number of likely N-dealkylation sites (tertiary alicyclic amines) is 1. The molecular formula is C26H18FNO4. The summed E-state index contributed by atoms with van der Waals surface area (Å²) >= 11 is 0. The molecule has 1 unspecified atom stereocenters. The quantitative estimate of drug-likeness (QED) is 0.276. The fraction of sp³-hybridized carbons (Fsp3) is 0.0769. The minimum atomic E-state index is -1.09. The Labute approximate surface area is 183 Å². The Bertz CT molecular complexity index is 1370. The van der Waals surface area contributed by atoms with Gasteiger partial charge in [0.2, 0.25) is 0 Å². The predicted octanol–water partition coefficient (Wildman–Crippen LogP) is 5.19. The molecule has 32 heavy (non-hydrogen) atoms. The van der Waals surface area contributed by atoms with Crippen molar-refractivity contribution in [2.24, 2.45) is 0 Å². The number of rotatable bonds is 4. The van der Waals surface area contributed by atoms with Crippen molar-refractivity contribution in [3.63, 3.8) is 0 Å². The summed E-state index contributed by atoms with van der Waals surface area (Å²) in [6, 6.07) is 21.0. The average Bonchev–Trinajstić information content (AvgIpc) is 3.41. The maximum absolute atomic E-state index is 14.8. The van der Waals surface area contributed by atoms with Gasteiger partial charge >= 0.3 is 0 Å². The molecule has 158 valence electrons. The van der Waals surface area contributed by atoms with Crippen molar-refractivity contribution in [3.8, 4) is 0 Å². The lowest BCUT2D eigenvalue weighted by atomic mass is 9.94. The number of halogens is 1. The Morgan fingerprint density at radius 2 is 1.69 bits per heavy atom. The second-order valence-electron chi connectivity index (χ2n) is 7.59. The van der Waals surface area contributed by atoms with E-state index in [9.17, 15) is 19.1 Å². The number of benzene rings is 3. The van der Waals surface area contributed by atoms with Crippen LogP contribution in [0.2, 0.25) is 0 Å². The van der Waals surface area contributed by atoms with Gasteiger partial charge in [-0.2, -0.15) is 0 Å². The predicted molar refractivity (Wildman–Crippen MR) is 117 cm³/mol. The van der Waals surface area contributed by atoms with Gasteiger partial charge in [-0.05, 0) is 35.0 Å². The highest BCUT2D eigenvalue weighted by molar-refractivity contribution is 6.46. The van der Waals surface area contributed by atoms with Gasteiger partial charge in [0.05, 0.1) is 24.4 Å². The maximum Gasteiger partial charge on any atom is 0.296 e. The van der Waals surface area contributed by atoms with E-state index < -0.39 is 23.5 Å². The molecule has 0 bridgehead atoms. The van der Waals surface area contributed by atoms with Crippen LogP contribution >= 0.6 is 0 Å². The third kappa shape index (κ3) is 3.26. The third-order valence-corrected chi connectivity index (χ3v) is 5.67. The Morgan fingerprint density at radius 1 is 0.938 bits per heavy atom. The minimum absolute atomic E-state index is 0.0366. The summed E-state index contributed by atoms with van der Waals surface area (Å²) < 4.78 is 20.2. The van der Waals surface area contributed by atoms with Crippen molar-refractivity contribution < 1.29 is 23.5 Å². The topological polar surface area (TPSA) is 70.8 Å². The Morgan fingerprint density at radius 3 is 2.44 bits per heavy atom. The van der Waals surface area contributed by atoms with E-state index in [4.69, 9.17) is 4.42 Å². The number of carbonyl (C=O) groups excluding carboxylic acids is 2. The van der Waals surface area contributed by atoms with Crippen molar-refractivity contribution in [2.75, 3.05) is 0 Å². The molecule has 0 spiro atoms. The molecule has 1 amide bonds. The third-order valence-electron chi connectivity index (χ3n) is 5.67. The van der Waals surface area contributed by atoms with Gasteiger partial charge in [0, 0.05) is 11.1 Å². The molecule has 0 saturated carbocycles. The van der Waals surface area contributed by atoms with Gasteiger partial charge in [0.15, 0.2) is 0 Å². The fourth-order valence-corrected chi connectivity index (χ4v) is 4.13. The molecule has 1 N–H and O–H groups in total. The number of amides is 1. The zero-order valence-corrected chi connectivity index (χ0v) is 16.9. The summed E-state index contributed by atoms with van der Waals surface area (Å²) in [6.45, 7) is -0.0366. The standard InChI is InChI=1S/C26H18FNO4/c27-21-10-4-3-9-20(21)23-22(25(30)26(31)28(23)15-19-8-5-13-32-19)24(29)18-12-11-16-6-1-2-7-17(16)14-18/h1-14,23,29H,15H2/b24-22+. The van der Waals surface area contributed by atoms with Crippen LogP contribution in [0, 0.1) is 5.82 Å². The summed E-state index contributed by atoms with van der Waals surface area (Å²) in [7, 11) is 0. The SMILES string of the molecule is O=C1C(=O)N(Cc2ccco2)C(c2ccccc2F)/C1=C(\O)c1ccc2ccccc2c1. The number of aliphatic hydroxyl groups excluding tert-OH is 1. The normalized spacial score (nSPS) is 17.9. The first-order chi connectivity index (χ1) is 15.5. The second kappa shape index (κ2) is 7.81. The molecule has 3 aromatic carbocycles. The number of carbonyl (C=O) groups is 2. The number of hydrogen-bond donors (Lipinski definition) is 1. The van der Waals surface area contributed by atoms with Crippen LogP contribution in [0.1, 0.15) is 22.9 Å². The number of aliphatic hydroxyl groups is 1. The Hall–Kier alpha value is -4.19. The minimum Gasteiger partial charge on any atom is -0.507 e. The summed E-state index contributed by atoms with van der Waals surface area (Å²) in [5.41, 5.74) is 0.351. The Kier molecular flexibility index (Phi) is 4.82. The summed E-state index contributed by atoms with van der Waals surface area (Å²) in [6.07, 6.45) is 1.46. The van der Waals surface area contributed by atoms with Gasteiger partial charge in [-0.3, -0.25) is 9.59 Å². The van der Waals surface area contributed by atoms with Crippen LogP contribution in [0.4, 0.5) is 4.39 Å². The first kappa shape index (κ1) is 19.8. The van der Waals surface area contributed by atoms with Crippen molar-refractivity contribution in [1.29, 1.82) is 0 Å². The maximum atomic E-state index is 14.8. The molecule has 1 aliphatic heterocycles. The van der Waals surface area contributed by atoms with Gasteiger partial charge in [0.1, 0.15) is 17.3 Å². The molecule has 6 heteroatoms. The van der Waals surface area contributed by atoms with E-state index in [0.29, 0.717) is 11.3 Å². The number of furan rings is 1. The lowest BCUT2D eigenvalue weighted by Gasteiger charge is -2.24. The lowest BCUT2D eigenvalue weighted by Crippen LogP contribution is -2.29. The van der Waals surface area contributed by atoms with Crippen LogP contribution in [0.15, 0.2) is 95.1 Å². The smallest absolute Gasteiger partial charge is 0.296 e. The first-order valence-electron chi connectivity index (χ1n) is 10.1. The zero-order chi connectivity index (χ0) is 22.2. The van der Waals surface area contributed by atoms with E-state index in [1.807, 2.05) is 30.3 Å². The average molecular weight is 427 g/mol. The molecule has 0 radical (unpaired) electrons. The molecule has 1 fully saturated rings. The number of fused-ring (bicyclic) bond motifs is 1. The van der Waals surface area contributed by atoms with Crippen LogP contribution < -0.4 is 0 Å². The van der Waals surface area contributed by atoms with Crippen molar-refractivity contribution in [1.82, 2.24) is 4.90 Å². The van der Waals surface area contributed by atoms with Crippen LogP contribution in [-0.2, 0) is 16.1 Å². The molecule has 1 saturated heterocycles. The fourth-order valence-electron chi connectivity index (χ4n) is 4.13. The summed E-state index contributed by atoms with van der Waals surface area (Å²) in [5, 5.41) is 13.0. The number of nitrogens with zero attached hydrogens (tertiary/aromatic N) is 1. The van der Waals surface area contributed by atoms with E-state index in [1.54, 1.807) is 30.3 Å². The van der Waals surface area contributed by atoms with Gasteiger partial charge < -0.3 is 14.4 Å². The van der Waals surface area contributed by atoms with E-state index in [-0.39, 0.29) is 23.4 Å². The molecule has 1 atom stereocenters. The first-order valence-corrected chi connectivity index (χ1v) is 10.1. The highest BCUT2D eigenvalue weighted by Gasteiger charge is 2.47. The summed E-state index contributed by atoms with van der Waals surface area (Å²) in [4.78, 5) is 27.2. The van der Waals surface area contributed by atoms with Crippen LogP contribution in [0.5, 0.6) is 0 Å². The number of ketones is 1. The van der Waals surface area contributed by atoms with Crippen LogP contribution in [0.3, 0.4) is 0 Å². The lowest BCUT2D eigenvalue weighted by molar-refractivity contribution is -0.140. The van der Waals surface area contributed by atoms with E-state index >= 15 is 0 Å². The second-order valence-corrected chi connectivity index (χ2v) is 7.59. The van der Waals surface area contributed by atoms with Gasteiger partial charge in [-0.1, -0.05) is 54.6 Å². The molecule has 0 aliphatic carbocycles. The number of hydrogen-bond acceptors (Lipinski definition) is 4. The molecule has 2 heterocycles. The van der Waals surface area contributed by atoms with Crippen LogP contribution in [0.25, 0.3) is 16.5 Å². The summed E-state index contributed by atoms with van der Waals surface area (Å²) in [5.74, 6) is -2.16. The molecule has 1 aliphatic rings. The number of Topliss-reactive ketones (excluding diaryl/α,β-unsaturated/α-hetero) is 1. The zero-order valence-electron chi connectivity index (χ0n) is 16.9.